The van der Waals surface area contributed by atoms with Gasteiger partial charge in [0.2, 0.25) is 0 Å². The smallest absolute Gasteiger partial charge is 0.324 e. The highest BCUT2D eigenvalue weighted by Gasteiger charge is 2.47. The van der Waals surface area contributed by atoms with Crippen molar-refractivity contribution in [2.45, 2.75) is 116 Å². The molecule has 12 heteroatoms. The molecule has 5 rings (SSSR count). The Bertz CT molecular complexity index is 1810. The number of hydrogen-bond acceptors (Lipinski definition) is 9. The van der Waals surface area contributed by atoms with Gasteiger partial charge < -0.3 is 28.9 Å². The van der Waals surface area contributed by atoms with Crippen LogP contribution in [-0.2, 0) is 41.6 Å². The first-order valence-electron chi connectivity index (χ1n) is 19.5. The van der Waals surface area contributed by atoms with E-state index in [9.17, 15) is 14.4 Å². The molecule has 2 atom stereocenters. The molecule has 1 aromatic heterocycles. The second kappa shape index (κ2) is 18.1. The molecule has 0 radical (unpaired) electrons. The molecule has 1 saturated heterocycles. The number of methoxy groups -OCH3 is 1. The van der Waals surface area contributed by atoms with E-state index in [0.29, 0.717) is 75.2 Å². The Hall–Kier alpha value is -3.97. The minimum absolute atomic E-state index is 0.269. The van der Waals surface area contributed by atoms with Crippen LogP contribution in [-0.4, -0.2) is 81.3 Å². The lowest BCUT2D eigenvalue weighted by molar-refractivity contribution is -0.150. The van der Waals surface area contributed by atoms with Crippen LogP contribution in [0.25, 0.3) is 27.6 Å². The average molecular weight is 761 g/mol. The molecule has 2 aromatic carbocycles. The van der Waals surface area contributed by atoms with Gasteiger partial charge in [-0.1, -0.05) is 65.8 Å². The molecule has 1 amide bonds. The van der Waals surface area contributed by atoms with Crippen LogP contribution in [0.15, 0.2) is 48.7 Å². The summed E-state index contributed by atoms with van der Waals surface area (Å²) in [5.74, 6) is -0.154. The first-order valence-corrected chi connectivity index (χ1v) is 21.7. The van der Waals surface area contributed by atoms with Gasteiger partial charge >= 0.3 is 11.9 Å². The van der Waals surface area contributed by atoms with Crippen molar-refractivity contribution in [3.05, 3.63) is 59.8 Å². The number of amides is 1. The zero-order valence-electron chi connectivity index (χ0n) is 33.4. The Morgan fingerprint density at radius 1 is 1.02 bits per heavy atom. The number of nitrogens with two attached hydrogens (primary N) is 1. The number of benzene rings is 2. The summed E-state index contributed by atoms with van der Waals surface area (Å²) in [6.07, 6.45) is 7.46. The lowest BCUT2D eigenvalue weighted by atomic mass is 9.96. The molecule has 2 aliphatic heterocycles. The highest BCUT2D eigenvalue weighted by molar-refractivity contribution is 6.78. The Morgan fingerprint density at radius 3 is 2.41 bits per heavy atom. The minimum Gasteiger partial charge on any atom is -0.543 e. The van der Waals surface area contributed by atoms with Crippen LogP contribution in [0, 0.1) is 0 Å². The van der Waals surface area contributed by atoms with Gasteiger partial charge in [0.15, 0.2) is 0 Å². The highest BCUT2D eigenvalue weighted by atomic mass is 28.4. The maximum Gasteiger partial charge on any atom is 0.324 e. The molecule has 3 heterocycles. The van der Waals surface area contributed by atoms with E-state index >= 15 is 0 Å². The van der Waals surface area contributed by atoms with Crippen molar-refractivity contribution >= 4 is 42.6 Å². The van der Waals surface area contributed by atoms with Gasteiger partial charge in [-0.2, -0.15) is 0 Å². The molecule has 0 aliphatic carbocycles. The molecule has 3 N–H and O–H groups in total. The molecule has 0 saturated carbocycles. The van der Waals surface area contributed by atoms with E-state index in [1.807, 2.05) is 0 Å². The van der Waals surface area contributed by atoms with E-state index in [4.69, 9.17) is 24.4 Å². The minimum atomic E-state index is -2.34. The van der Waals surface area contributed by atoms with Crippen molar-refractivity contribution in [1.29, 1.82) is 0 Å². The van der Waals surface area contributed by atoms with Crippen LogP contribution >= 0.6 is 0 Å². The maximum atomic E-state index is 13.7. The van der Waals surface area contributed by atoms with Gasteiger partial charge in [0.05, 0.1) is 33.0 Å². The fraction of sp³-hybridized carbons (Fsp3) is 0.548. The van der Waals surface area contributed by atoms with E-state index in [2.05, 4.69) is 100 Å². The van der Waals surface area contributed by atoms with Crippen molar-refractivity contribution in [3.8, 4) is 16.9 Å². The summed E-state index contributed by atoms with van der Waals surface area (Å²) in [5.41, 5.74) is 17.2. The zero-order valence-corrected chi connectivity index (χ0v) is 34.4. The van der Waals surface area contributed by atoms with Gasteiger partial charge in [-0.05, 0) is 89.2 Å². The van der Waals surface area contributed by atoms with Gasteiger partial charge in [0.25, 0.3) is 14.2 Å². The van der Waals surface area contributed by atoms with Crippen molar-refractivity contribution in [2.24, 2.45) is 5.73 Å². The van der Waals surface area contributed by atoms with Crippen LogP contribution in [0.3, 0.4) is 0 Å². The third kappa shape index (κ3) is 9.27. The van der Waals surface area contributed by atoms with Crippen molar-refractivity contribution in [3.63, 3.8) is 0 Å². The predicted molar refractivity (Wildman–Crippen MR) is 215 cm³/mol. The number of aryl methyl sites for hydroxylation is 1. The van der Waals surface area contributed by atoms with Crippen LogP contribution in [0.4, 0.5) is 0 Å². The Kier molecular flexibility index (Phi) is 13.8. The van der Waals surface area contributed by atoms with Gasteiger partial charge in [-0.15, -0.1) is 0 Å². The number of nitrogens with zero attached hydrogens (tertiary/aromatic N) is 2. The van der Waals surface area contributed by atoms with Crippen LogP contribution in [0.5, 0.6) is 5.75 Å². The summed E-state index contributed by atoms with van der Waals surface area (Å²) in [7, 11) is -0.989. The normalized spacial score (nSPS) is 17.2. The Labute approximate surface area is 321 Å². The molecule has 294 valence electrons. The van der Waals surface area contributed by atoms with E-state index in [1.54, 1.807) is 0 Å². The summed E-state index contributed by atoms with van der Waals surface area (Å²) < 4.78 is 25.3. The van der Waals surface area contributed by atoms with Crippen molar-refractivity contribution in [2.75, 3.05) is 33.5 Å². The molecule has 11 nitrogen and oxygen atoms in total. The Morgan fingerprint density at radius 2 is 1.76 bits per heavy atom. The van der Waals surface area contributed by atoms with Crippen molar-refractivity contribution in [1.82, 2.24) is 15.0 Å². The first-order chi connectivity index (χ1) is 25.7. The zero-order chi connectivity index (χ0) is 39.2. The van der Waals surface area contributed by atoms with Gasteiger partial charge in [0, 0.05) is 42.7 Å². The van der Waals surface area contributed by atoms with Crippen molar-refractivity contribution < 1.29 is 33.0 Å². The first kappa shape index (κ1) is 41.2. The van der Waals surface area contributed by atoms with Crippen LogP contribution in [0.1, 0.15) is 85.3 Å². The number of ether oxygens (including phenoxy) is 3. The third-order valence-corrected chi connectivity index (χ3v) is 17.1. The Balaban J connectivity index is 1.55. The molecule has 0 bridgehead atoms. The number of hydrazine groups is 1. The summed E-state index contributed by atoms with van der Waals surface area (Å²) in [6, 6.07) is 11.5. The van der Waals surface area contributed by atoms with Crippen LogP contribution < -0.4 is 15.6 Å². The molecule has 2 aliphatic rings. The summed E-state index contributed by atoms with van der Waals surface area (Å²) >= 11 is 0. The number of carbonyl (C=O) groups is 3. The number of carbonyl (C=O) groups excluding carboxylic acids is 3. The summed E-state index contributed by atoms with van der Waals surface area (Å²) in [6.45, 7) is 17.9. The van der Waals surface area contributed by atoms with Gasteiger partial charge in [0.1, 0.15) is 11.8 Å². The number of fused-ring (bicyclic) bond motifs is 1. The average Bonchev–Trinajstić information content (AvgIpc) is 3.52. The second-order valence-electron chi connectivity index (χ2n) is 15.6. The van der Waals surface area contributed by atoms with Gasteiger partial charge in [-0.25, -0.2) is 5.43 Å². The van der Waals surface area contributed by atoms with E-state index in [-0.39, 0.29) is 11.9 Å². The fourth-order valence-electron chi connectivity index (χ4n) is 8.50. The molecule has 3 aromatic rings. The van der Waals surface area contributed by atoms with E-state index in [1.165, 1.54) is 30.2 Å². The van der Waals surface area contributed by atoms with E-state index in [0.717, 1.165) is 39.8 Å². The molecule has 1 fully saturated rings. The summed E-state index contributed by atoms with van der Waals surface area (Å²) in [5, 5.41) is 2.63. The second-order valence-corrected chi connectivity index (χ2v) is 21.0. The standard InChI is InChI=1S/C42H60N4O7Si/c1-27(2)54(28(3)4,29(5)6)53-35-22-31(23-38(43)41(48)46-17-9-11-39(44-46)42(49)50-8)21-34(24-35)33-12-13-36-37(32-14-19-51-20-15-32)26-45(40(36)25-33)16-10-18-52-30(7)47/h12-14,21-22,24-29,38-39,44H,9-11,15-20,23,43H2,1-8H3. The monoisotopic (exact) mass is 760 g/mol. The number of hydrogen-bond donors (Lipinski definition) is 2. The van der Waals surface area contributed by atoms with Crippen LogP contribution in [0.2, 0.25) is 16.6 Å². The van der Waals surface area contributed by atoms with E-state index < -0.39 is 26.4 Å². The lowest BCUT2D eigenvalue weighted by Gasteiger charge is -2.42. The number of nitrogens with one attached hydrogen (secondary N) is 1. The lowest BCUT2D eigenvalue weighted by Crippen LogP contribution is -2.59. The maximum absolute atomic E-state index is 13.7. The number of rotatable bonds is 15. The SMILES string of the molecule is COC(=O)C1CCCN(C(=O)C(N)Cc2cc(O[Si](C(C)C)(C(C)C)C(C)C)cc(-c3ccc4c(C5=CCOCC5)cn(CCCOC(C)=O)c4c3)c2)N1. The molecule has 2 unspecified atom stereocenters. The fourth-order valence-corrected chi connectivity index (χ4v) is 13.7. The molecular weight excluding hydrogens is 701 g/mol. The topological polar surface area (TPSA) is 134 Å². The molecule has 0 spiro atoms. The quantitative estimate of drug-likeness (QED) is 0.0941. The van der Waals surface area contributed by atoms with Gasteiger partial charge in [-0.3, -0.25) is 19.4 Å². The highest BCUT2D eigenvalue weighted by Crippen LogP contribution is 2.44. The molecule has 54 heavy (non-hydrogen) atoms. The number of aromatic nitrogens is 1. The molecular formula is C42H60N4O7Si. The summed E-state index contributed by atoms with van der Waals surface area (Å²) in [4.78, 5) is 37.4. The number of esters is 2. The third-order valence-electron chi connectivity index (χ3n) is 11.1. The predicted octanol–water partition coefficient (Wildman–Crippen LogP) is 7.16. The largest absolute Gasteiger partial charge is 0.543 e.